The van der Waals surface area contributed by atoms with Crippen molar-refractivity contribution in [2.75, 3.05) is 0 Å². The van der Waals surface area contributed by atoms with Crippen LogP contribution in [0, 0.1) is 0 Å². The summed E-state index contributed by atoms with van der Waals surface area (Å²) in [5.41, 5.74) is 4.91. The summed E-state index contributed by atoms with van der Waals surface area (Å²) < 4.78 is 7.86. The van der Waals surface area contributed by atoms with Crippen LogP contribution in [-0.2, 0) is 13.0 Å². The summed E-state index contributed by atoms with van der Waals surface area (Å²) in [4.78, 5) is 18.1. The van der Waals surface area contributed by atoms with Gasteiger partial charge < -0.3 is 4.74 Å². The molecular formula is C24H18N2O2. The molecule has 0 N–H and O–H groups in total. The number of rotatable bonds is 1. The van der Waals surface area contributed by atoms with Gasteiger partial charge in [-0.15, -0.1) is 0 Å². The van der Waals surface area contributed by atoms with E-state index in [9.17, 15) is 4.79 Å². The van der Waals surface area contributed by atoms with E-state index in [-0.39, 0.29) is 5.56 Å². The average Bonchev–Trinajstić information content (AvgIpc) is 2.73. The van der Waals surface area contributed by atoms with Crippen molar-refractivity contribution in [1.82, 2.24) is 9.55 Å². The Morgan fingerprint density at radius 3 is 2.61 bits per heavy atom. The van der Waals surface area contributed by atoms with Crippen LogP contribution >= 0.6 is 0 Å². The minimum atomic E-state index is -0.118. The predicted molar refractivity (Wildman–Crippen MR) is 111 cm³/mol. The Balaban J connectivity index is 1.82. The Kier molecular flexibility index (Phi) is 3.83. The van der Waals surface area contributed by atoms with Crippen LogP contribution in [0.1, 0.15) is 16.7 Å². The van der Waals surface area contributed by atoms with Crippen molar-refractivity contribution in [3.63, 3.8) is 0 Å². The van der Waals surface area contributed by atoms with Crippen LogP contribution in [0.25, 0.3) is 22.3 Å². The number of allylic oxidation sites excluding steroid dienone is 1. The third-order valence-electron chi connectivity index (χ3n) is 5.15. The third kappa shape index (κ3) is 2.54. The number of ether oxygens (including phenoxy) is 1. The molecule has 28 heavy (non-hydrogen) atoms. The molecule has 1 aliphatic heterocycles. The number of hydrogen-bond acceptors (Lipinski definition) is 3. The molecule has 0 saturated heterocycles. The number of nitrogens with zero attached hydrogens (tertiary/aromatic N) is 2. The zero-order valence-electron chi connectivity index (χ0n) is 15.3. The lowest BCUT2D eigenvalue weighted by atomic mass is 9.94. The quantitative estimate of drug-likeness (QED) is 0.497. The fourth-order valence-corrected chi connectivity index (χ4v) is 3.83. The van der Waals surface area contributed by atoms with E-state index in [1.165, 1.54) is 0 Å². The monoisotopic (exact) mass is 366 g/mol. The average molecular weight is 366 g/mol. The molecule has 0 spiro atoms. The molecule has 0 aliphatic carbocycles. The molecule has 2 aromatic carbocycles. The van der Waals surface area contributed by atoms with Gasteiger partial charge in [0.15, 0.2) is 5.65 Å². The van der Waals surface area contributed by atoms with E-state index < -0.39 is 0 Å². The van der Waals surface area contributed by atoms with Gasteiger partial charge in [0.2, 0.25) is 0 Å². The summed E-state index contributed by atoms with van der Waals surface area (Å²) >= 11 is 0. The van der Waals surface area contributed by atoms with E-state index >= 15 is 0 Å². The molecule has 1 aliphatic rings. The Bertz CT molecular complexity index is 1270. The molecule has 0 fully saturated rings. The first-order valence-electron chi connectivity index (χ1n) is 9.21. The maximum Gasteiger partial charge on any atom is 0.264 e. The van der Waals surface area contributed by atoms with E-state index in [1.807, 2.05) is 66.7 Å². The molecule has 0 unspecified atom stereocenters. The Hall–Kier alpha value is -3.66. The first kappa shape index (κ1) is 16.5. The van der Waals surface area contributed by atoms with Gasteiger partial charge in [-0.3, -0.25) is 9.36 Å². The van der Waals surface area contributed by atoms with Crippen LogP contribution in [0.5, 0.6) is 5.75 Å². The molecule has 0 saturated carbocycles. The minimum Gasteiger partial charge on any atom is -0.488 e. The van der Waals surface area contributed by atoms with Crippen LogP contribution in [0.4, 0.5) is 0 Å². The van der Waals surface area contributed by atoms with Gasteiger partial charge in [0.05, 0.1) is 16.6 Å². The Morgan fingerprint density at radius 1 is 0.964 bits per heavy atom. The smallest absolute Gasteiger partial charge is 0.264 e. The maximum atomic E-state index is 13.6. The van der Waals surface area contributed by atoms with Gasteiger partial charge in [-0.1, -0.05) is 49.0 Å². The predicted octanol–water partition coefficient (Wildman–Crippen LogP) is 4.53. The van der Waals surface area contributed by atoms with Crippen molar-refractivity contribution >= 4 is 16.6 Å². The molecule has 0 radical (unpaired) electrons. The first-order chi connectivity index (χ1) is 13.7. The van der Waals surface area contributed by atoms with E-state index in [4.69, 9.17) is 4.74 Å². The van der Waals surface area contributed by atoms with Gasteiger partial charge in [-0.2, -0.15) is 0 Å². The van der Waals surface area contributed by atoms with Crippen LogP contribution in [-0.4, -0.2) is 9.55 Å². The van der Waals surface area contributed by atoms with Crippen LogP contribution in [0.2, 0.25) is 0 Å². The van der Waals surface area contributed by atoms with Gasteiger partial charge in [-0.05, 0) is 41.0 Å². The van der Waals surface area contributed by atoms with Crippen molar-refractivity contribution in [2.45, 2.75) is 13.0 Å². The molecule has 0 atom stereocenters. The number of fused-ring (bicyclic) bond motifs is 4. The largest absolute Gasteiger partial charge is 0.488 e. The fraction of sp³-hybridized carbons (Fsp3) is 0.0833. The van der Waals surface area contributed by atoms with Crippen molar-refractivity contribution in [3.8, 4) is 11.4 Å². The highest BCUT2D eigenvalue weighted by atomic mass is 16.5. The summed E-state index contributed by atoms with van der Waals surface area (Å²) in [7, 11) is 0. The lowest BCUT2D eigenvalue weighted by Crippen LogP contribution is -2.26. The number of hydrogen-bond donors (Lipinski definition) is 0. The highest BCUT2D eigenvalue weighted by Gasteiger charge is 2.23. The zero-order valence-corrected chi connectivity index (χ0v) is 15.3. The standard InChI is InChI=1S/C24H18N2O2/c1-16-14-21-22(28-15-17-8-5-6-11-19(16)17)20-12-7-13-25-23(20)26(24(21)27)18-9-3-2-4-10-18/h2-13H,1,14-15H2. The summed E-state index contributed by atoms with van der Waals surface area (Å²) in [5, 5.41) is 0.827. The molecular weight excluding hydrogens is 348 g/mol. The number of aromatic nitrogens is 2. The lowest BCUT2D eigenvalue weighted by Gasteiger charge is -2.22. The number of benzene rings is 2. The number of para-hydroxylation sites is 1. The normalized spacial score (nSPS) is 13.2. The van der Waals surface area contributed by atoms with Crippen molar-refractivity contribution in [1.29, 1.82) is 0 Å². The van der Waals surface area contributed by atoms with E-state index in [2.05, 4.69) is 11.6 Å². The Labute approximate surface area is 162 Å². The summed E-state index contributed by atoms with van der Waals surface area (Å²) in [5.74, 6) is 0.607. The second kappa shape index (κ2) is 6.50. The Morgan fingerprint density at radius 2 is 1.75 bits per heavy atom. The molecule has 0 bridgehead atoms. The van der Waals surface area contributed by atoms with Gasteiger partial charge in [-0.25, -0.2) is 4.98 Å². The maximum absolute atomic E-state index is 13.6. The highest BCUT2D eigenvalue weighted by molar-refractivity contribution is 5.86. The van der Waals surface area contributed by atoms with Gasteiger partial charge in [0.1, 0.15) is 12.4 Å². The molecule has 136 valence electrons. The van der Waals surface area contributed by atoms with Crippen LogP contribution in [0.3, 0.4) is 0 Å². The van der Waals surface area contributed by atoms with E-state index in [0.29, 0.717) is 30.0 Å². The fourth-order valence-electron chi connectivity index (χ4n) is 3.83. The number of pyridine rings is 2. The molecule has 5 rings (SSSR count). The van der Waals surface area contributed by atoms with Crippen molar-refractivity contribution in [2.24, 2.45) is 0 Å². The minimum absolute atomic E-state index is 0.118. The highest BCUT2D eigenvalue weighted by Crippen LogP contribution is 2.34. The second-order valence-corrected chi connectivity index (χ2v) is 6.88. The second-order valence-electron chi connectivity index (χ2n) is 6.88. The molecule has 4 nitrogen and oxygen atoms in total. The van der Waals surface area contributed by atoms with Crippen molar-refractivity contribution in [3.05, 3.63) is 107 Å². The molecule has 0 amide bonds. The van der Waals surface area contributed by atoms with Gasteiger partial charge in [0, 0.05) is 12.6 Å². The molecule has 4 heteroatoms. The summed E-state index contributed by atoms with van der Waals surface area (Å²) in [6, 6.07) is 21.5. The third-order valence-corrected chi connectivity index (χ3v) is 5.15. The lowest BCUT2D eigenvalue weighted by molar-refractivity contribution is 0.305. The van der Waals surface area contributed by atoms with E-state index in [0.717, 1.165) is 27.8 Å². The first-order valence-corrected chi connectivity index (χ1v) is 9.21. The van der Waals surface area contributed by atoms with Crippen LogP contribution < -0.4 is 10.3 Å². The van der Waals surface area contributed by atoms with Crippen LogP contribution in [0.15, 0.2) is 84.3 Å². The van der Waals surface area contributed by atoms with Crippen molar-refractivity contribution < 1.29 is 4.74 Å². The molecule has 4 aromatic rings. The zero-order chi connectivity index (χ0) is 19.1. The SMILES string of the molecule is C=C1Cc2c(c3cccnc3n(-c3ccccc3)c2=O)OCc2ccccc21. The van der Waals surface area contributed by atoms with E-state index in [1.54, 1.807) is 10.8 Å². The topological polar surface area (TPSA) is 44.1 Å². The van der Waals surface area contributed by atoms with Gasteiger partial charge in [0.25, 0.3) is 5.56 Å². The van der Waals surface area contributed by atoms with Gasteiger partial charge >= 0.3 is 0 Å². The molecule has 2 aromatic heterocycles. The molecule has 3 heterocycles. The summed E-state index contributed by atoms with van der Waals surface area (Å²) in [6.07, 6.45) is 2.13. The summed E-state index contributed by atoms with van der Waals surface area (Å²) in [6.45, 7) is 4.65.